The molecule has 0 fully saturated rings. The summed E-state index contributed by atoms with van der Waals surface area (Å²) in [7, 11) is 3.12. The summed E-state index contributed by atoms with van der Waals surface area (Å²) < 4.78 is 53.0. The summed E-state index contributed by atoms with van der Waals surface area (Å²) in [6, 6.07) is 10.9. The van der Waals surface area contributed by atoms with Gasteiger partial charge in [-0.25, -0.2) is 4.79 Å². The van der Waals surface area contributed by atoms with Gasteiger partial charge in [0.2, 0.25) is 0 Å². The number of alkyl halides is 3. The lowest BCUT2D eigenvalue weighted by molar-refractivity contribution is -0.137. The van der Waals surface area contributed by atoms with Crippen molar-refractivity contribution in [2.24, 2.45) is 7.05 Å². The first-order valence-electron chi connectivity index (χ1n) is 10.8. The maximum absolute atomic E-state index is 13.8. The monoisotopic (exact) mass is 529 g/mol. The fraction of sp³-hybridized carbons (Fsp3) is 0.160. The Labute approximate surface area is 210 Å². The predicted octanol–water partition coefficient (Wildman–Crippen LogP) is 5.02. The minimum Gasteiger partial charge on any atom is -0.505 e. The van der Waals surface area contributed by atoms with Crippen LogP contribution in [0.5, 0.6) is 11.5 Å². The molecule has 0 saturated carbocycles. The fourth-order valence-electron chi connectivity index (χ4n) is 4.17. The Morgan fingerprint density at radius 2 is 1.78 bits per heavy atom. The van der Waals surface area contributed by atoms with Gasteiger partial charge in [-0.3, -0.25) is 14.0 Å². The highest BCUT2D eigenvalue weighted by molar-refractivity contribution is 7.99. The van der Waals surface area contributed by atoms with Gasteiger partial charge in [0.25, 0.3) is 5.56 Å². The Morgan fingerprint density at radius 3 is 2.43 bits per heavy atom. The van der Waals surface area contributed by atoms with E-state index < -0.39 is 33.6 Å². The van der Waals surface area contributed by atoms with Gasteiger partial charge in [0, 0.05) is 11.9 Å². The van der Waals surface area contributed by atoms with Gasteiger partial charge < -0.3 is 14.3 Å². The quantitative estimate of drug-likeness (QED) is 0.349. The first-order valence-corrected chi connectivity index (χ1v) is 11.6. The largest absolute Gasteiger partial charge is 0.505 e. The van der Waals surface area contributed by atoms with Crippen molar-refractivity contribution in [3.8, 4) is 17.2 Å². The SMILES string of the molecule is COc1ccc(-n2c(=O)c3c(O)c(Sc4cccc(C(F)(F)F)c4)c(=O)oc3c3c(C)nn(C)c32)cc1. The smallest absolute Gasteiger partial charge is 0.416 e. The molecule has 0 saturated heterocycles. The highest BCUT2D eigenvalue weighted by atomic mass is 32.2. The molecule has 5 rings (SSSR count). The Balaban J connectivity index is 1.81. The molecular weight excluding hydrogens is 511 g/mol. The zero-order chi connectivity index (χ0) is 26.6. The van der Waals surface area contributed by atoms with E-state index in [0.29, 0.717) is 39.9 Å². The maximum Gasteiger partial charge on any atom is 0.416 e. The van der Waals surface area contributed by atoms with Crippen LogP contribution in [0.4, 0.5) is 13.2 Å². The zero-order valence-corrected chi connectivity index (χ0v) is 20.4. The van der Waals surface area contributed by atoms with Crippen molar-refractivity contribution < 1.29 is 27.4 Å². The third kappa shape index (κ3) is 4.02. The Morgan fingerprint density at radius 1 is 1.08 bits per heavy atom. The molecule has 3 heterocycles. The second-order valence-electron chi connectivity index (χ2n) is 8.15. The lowest BCUT2D eigenvalue weighted by Crippen LogP contribution is -2.22. The van der Waals surface area contributed by atoms with Crippen LogP contribution in [0.3, 0.4) is 0 Å². The molecule has 0 bridgehead atoms. The van der Waals surface area contributed by atoms with Gasteiger partial charge in [0.15, 0.2) is 11.3 Å². The molecule has 0 spiro atoms. The molecule has 0 aliphatic rings. The van der Waals surface area contributed by atoms with E-state index in [9.17, 15) is 27.9 Å². The number of hydrogen-bond acceptors (Lipinski definition) is 7. The highest BCUT2D eigenvalue weighted by Crippen LogP contribution is 2.39. The molecule has 0 aliphatic carbocycles. The van der Waals surface area contributed by atoms with Crippen molar-refractivity contribution in [3.05, 3.63) is 80.6 Å². The first kappa shape index (κ1) is 24.5. The number of fused-ring (bicyclic) bond motifs is 3. The molecule has 1 N–H and O–H groups in total. The van der Waals surface area contributed by atoms with Crippen LogP contribution in [-0.4, -0.2) is 26.6 Å². The van der Waals surface area contributed by atoms with Crippen LogP contribution in [0.1, 0.15) is 11.3 Å². The fourth-order valence-corrected chi connectivity index (χ4v) is 5.07. The molecule has 8 nitrogen and oxygen atoms in total. The average molecular weight is 529 g/mol. The maximum atomic E-state index is 13.8. The van der Waals surface area contributed by atoms with Gasteiger partial charge >= 0.3 is 11.8 Å². The third-order valence-electron chi connectivity index (χ3n) is 5.82. The van der Waals surface area contributed by atoms with E-state index in [-0.39, 0.29) is 15.9 Å². The molecule has 2 aromatic carbocycles. The van der Waals surface area contributed by atoms with Crippen LogP contribution in [-0.2, 0) is 13.2 Å². The van der Waals surface area contributed by atoms with Gasteiger partial charge in [-0.15, -0.1) is 0 Å². The molecule has 0 radical (unpaired) electrons. The van der Waals surface area contributed by atoms with Crippen LogP contribution < -0.4 is 15.9 Å². The molecule has 12 heteroatoms. The summed E-state index contributed by atoms with van der Waals surface area (Å²) >= 11 is 0.574. The first-order chi connectivity index (χ1) is 17.5. The van der Waals surface area contributed by atoms with Gasteiger partial charge in [0.1, 0.15) is 21.7 Å². The molecular formula is C25H18F3N3O5S. The number of aromatic hydroxyl groups is 1. The summed E-state index contributed by atoms with van der Waals surface area (Å²) in [5.74, 6) is -0.130. The van der Waals surface area contributed by atoms with Crippen LogP contribution >= 0.6 is 11.8 Å². The number of benzene rings is 2. The number of hydrogen-bond donors (Lipinski definition) is 1. The van der Waals surface area contributed by atoms with Crippen LogP contribution in [0.15, 0.2) is 72.3 Å². The Hall–Kier alpha value is -4.19. The molecule has 3 aromatic heterocycles. The van der Waals surface area contributed by atoms with Crippen molar-refractivity contribution in [2.45, 2.75) is 22.9 Å². The van der Waals surface area contributed by atoms with Crippen LogP contribution in [0, 0.1) is 6.92 Å². The Kier molecular flexibility index (Phi) is 5.78. The molecule has 5 aromatic rings. The van der Waals surface area contributed by atoms with Gasteiger partial charge in [-0.05, 0) is 49.4 Å². The van der Waals surface area contributed by atoms with Gasteiger partial charge in [0.05, 0.1) is 29.4 Å². The summed E-state index contributed by atoms with van der Waals surface area (Å²) in [4.78, 5) is 26.3. The summed E-state index contributed by atoms with van der Waals surface area (Å²) in [5.41, 5.74) is -1.60. The van der Waals surface area contributed by atoms with Crippen molar-refractivity contribution in [1.82, 2.24) is 14.3 Å². The van der Waals surface area contributed by atoms with E-state index >= 15 is 0 Å². The van der Waals surface area contributed by atoms with Crippen molar-refractivity contribution in [1.29, 1.82) is 0 Å². The molecule has 0 amide bonds. The molecule has 0 atom stereocenters. The number of aromatic nitrogens is 3. The van der Waals surface area contributed by atoms with E-state index in [2.05, 4.69) is 5.10 Å². The normalized spacial score (nSPS) is 11.9. The lowest BCUT2D eigenvalue weighted by atomic mass is 10.1. The minimum absolute atomic E-state index is 0.0332. The number of rotatable bonds is 4. The second-order valence-corrected chi connectivity index (χ2v) is 9.23. The van der Waals surface area contributed by atoms with E-state index in [0.717, 1.165) is 12.1 Å². The molecule has 0 unspecified atom stereocenters. The van der Waals surface area contributed by atoms with Crippen molar-refractivity contribution >= 4 is 33.8 Å². The van der Waals surface area contributed by atoms with E-state index in [1.165, 1.54) is 28.5 Å². The number of nitrogens with zero attached hydrogens (tertiary/aromatic N) is 3. The highest BCUT2D eigenvalue weighted by Gasteiger charge is 2.31. The average Bonchev–Trinajstić information content (AvgIpc) is 3.15. The van der Waals surface area contributed by atoms with Crippen LogP contribution in [0.25, 0.3) is 27.7 Å². The lowest BCUT2D eigenvalue weighted by Gasteiger charge is -2.13. The summed E-state index contributed by atoms with van der Waals surface area (Å²) in [6.07, 6.45) is -4.60. The van der Waals surface area contributed by atoms with Crippen molar-refractivity contribution in [2.75, 3.05) is 7.11 Å². The number of pyridine rings is 1. The van der Waals surface area contributed by atoms with Gasteiger partial charge in [-0.1, -0.05) is 17.8 Å². The molecule has 190 valence electrons. The van der Waals surface area contributed by atoms with Crippen LogP contribution in [0.2, 0.25) is 0 Å². The second kappa shape index (κ2) is 8.73. The number of halogens is 3. The van der Waals surface area contributed by atoms with Gasteiger partial charge in [-0.2, -0.15) is 18.3 Å². The number of methoxy groups -OCH3 is 1. The van der Waals surface area contributed by atoms with E-state index in [1.54, 1.807) is 38.2 Å². The minimum atomic E-state index is -4.60. The number of ether oxygens (including phenoxy) is 1. The van der Waals surface area contributed by atoms with E-state index in [4.69, 9.17) is 9.15 Å². The summed E-state index contributed by atoms with van der Waals surface area (Å²) in [6.45, 7) is 1.66. The summed E-state index contributed by atoms with van der Waals surface area (Å²) in [5, 5.41) is 15.5. The predicted molar refractivity (Wildman–Crippen MR) is 131 cm³/mol. The molecule has 0 aliphatic heterocycles. The van der Waals surface area contributed by atoms with E-state index in [1.807, 2.05) is 0 Å². The topological polar surface area (TPSA) is 99.5 Å². The standard InChI is InChI=1S/C25H18F3N3O5S/c1-12-17-20-18(23(33)31(22(17)30(2)29-12)14-7-9-15(35-3)10-8-14)19(32)21(24(34)36-20)37-16-6-4-5-13(11-16)25(26,27)28/h4-11,32H,1-3H3. The molecule has 37 heavy (non-hydrogen) atoms. The van der Waals surface area contributed by atoms with Crippen molar-refractivity contribution in [3.63, 3.8) is 0 Å². The number of aryl methyl sites for hydroxylation is 2. The Bertz CT molecular complexity index is 1800. The third-order valence-corrected chi connectivity index (χ3v) is 6.87. The zero-order valence-electron chi connectivity index (χ0n) is 19.6.